The van der Waals surface area contributed by atoms with Gasteiger partial charge >= 0.3 is 0 Å². The minimum absolute atomic E-state index is 0.0573. The molecule has 1 aromatic rings. The normalized spacial score (nSPS) is 18.5. The van der Waals surface area contributed by atoms with Crippen molar-refractivity contribution in [1.29, 1.82) is 0 Å². The van der Waals surface area contributed by atoms with E-state index in [0.717, 1.165) is 44.5 Å². The predicted octanol–water partition coefficient (Wildman–Crippen LogP) is 2.60. The topological polar surface area (TPSA) is 58.6 Å². The van der Waals surface area contributed by atoms with E-state index in [0.29, 0.717) is 11.5 Å². The van der Waals surface area contributed by atoms with E-state index in [4.69, 9.17) is 4.74 Å². The van der Waals surface area contributed by atoms with Crippen molar-refractivity contribution < 1.29 is 14.3 Å². The van der Waals surface area contributed by atoms with Gasteiger partial charge < -0.3 is 15.0 Å². The number of amides is 2. The molecule has 2 amide bonds. The number of hydrogen-bond acceptors (Lipinski definition) is 3. The number of carbonyl (C=O) groups is 2. The molecule has 0 bridgehead atoms. The van der Waals surface area contributed by atoms with E-state index < -0.39 is 0 Å². The van der Waals surface area contributed by atoms with Crippen LogP contribution in [0.25, 0.3) is 0 Å². The summed E-state index contributed by atoms with van der Waals surface area (Å²) in [5.41, 5.74) is 0.641. The van der Waals surface area contributed by atoms with Crippen molar-refractivity contribution in [2.75, 3.05) is 13.1 Å². The average Bonchev–Trinajstić information content (AvgIpc) is 3.40. The molecule has 0 unspecified atom stereocenters. The van der Waals surface area contributed by atoms with Gasteiger partial charge in [-0.05, 0) is 63.8 Å². The number of likely N-dealkylation sites (tertiary alicyclic amines) is 1. The van der Waals surface area contributed by atoms with Crippen molar-refractivity contribution in [3.05, 3.63) is 29.8 Å². The smallest absolute Gasteiger partial charge is 0.251 e. The second-order valence-corrected chi connectivity index (χ2v) is 7.04. The first-order chi connectivity index (χ1) is 11.5. The fourth-order valence-corrected chi connectivity index (χ4v) is 3.06. The summed E-state index contributed by atoms with van der Waals surface area (Å²) in [7, 11) is 0. The summed E-state index contributed by atoms with van der Waals surface area (Å²) in [6, 6.07) is 7.38. The predicted molar refractivity (Wildman–Crippen MR) is 92.0 cm³/mol. The zero-order chi connectivity index (χ0) is 17.1. The molecule has 2 aliphatic rings. The van der Waals surface area contributed by atoms with Gasteiger partial charge in [0.15, 0.2) is 0 Å². The third-order valence-corrected chi connectivity index (χ3v) is 4.56. The van der Waals surface area contributed by atoms with Crippen molar-refractivity contribution in [3.63, 3.8) is 0 Å². The number of nitrogens with one attached hydrogen (secondary N) is 1. The SMILES string of the molecule is CC(C)Oc1ccc(C(=O)NC2CCN(C(=O)C3CC3)CC2)cc1. The lowest BCUT2D eigenvalue weighted by Gasteiger charge is -2.32. The quantitative estimate of drug-likeness (QED) is 0.903. The molecule has 130 valence electrons. The molecule has 1 saturated carbocycles. The molecular weight excluding hydrogens is 304 g/mol. The molecule has 1 heterocycles. The molecule has 1 aliphatic heterocycles. The Morgan fingerprint density at radius 1 is 1.08 bits per heavy atom. The second-order valence-electron chi connectivity index (χ2n) is 7.04. The van der Waals surface area contributed by atoms with Crippen LogP contribution in [0.2, 0.25) is 0 Å². The fourth-order valence-electron chi connectivity index (χ4n) is 3.06. The Morgan fingerprint density at radius 2 is 1.71 bits per heavy atom. The lowest BCUT2D eigenvalue weighted by atomic mass is 10.0. The Morgan fingerprint density at radius 3 is 2.25 bits per heavy atom. The molecule has 0 atom stereocenters. The van der Waals surface area contributed by atoms with Crippen molar-refractivity contribution in [3.8, 4) is 5.75 Å². The minimum atomic E-state index is -0.0573. The van der Waals surface area contributed by atoms with Crippen LogP contribution >= 0.6 is 0 Å². The van der Waals surface area contributed by atoms with Crippen LogP contribution < -0.4 is 10.1 Å². The Hall–Kier alpha value is -2.04. The molecule has 1 aromatic carbocycles. The van der Waals surface area contributed by atoms with Crippen LogP contribution in [0, 0.1) is 5.92 Å². The van der Waals surface area contributed by atoms with Crippen LogP contribution in [0.15, 0.2) is 24.3 Å². The molecule has 5 heteroatoms. The second kappa shape index (κ2) is 7.24. The van der Waals surface area contributed by atoms with E-state index in [9.17, 15) is 9.59 Å². The minimum Gasteiger partial charge on any atom is -0.491 e. The summed E-state index contributed by atoms with van der Waals surface area (Å²) in [5, 5.41) is 3.08. The maximum atomic E-state index is 12.3. The first-order valence-corrected chi connectivity index (χ1v) is 8.89. The van der Waals surface area contributed by atoms with Crippen molar-refractivity contribution in [1.82, 2.24) is 10.2 Å². The van der Waals surface area contributed by atoms with Gasteiger partial charge in [0.2, 0.25) is 5.91 Å². The Kier molecular flexibility index (Phi) is 5.07. The van der Waals surface area contributed by atoms with E-state index in [2.05, 4.69) is 5.32 Å². The molecular formula is C19H26N2O3. The Balaban J connectivity index is 1.47. The summed E-state index contributed by atoms with van der Waals surface area (Å²) < 4.78 is 5.59. The van der Waals surface area contributed by atoms with Crippen LogP contribution in [0.3, 0.4) is 0 Å². The molecule has 3 rings (SSSR count). The first kappa shape index (κ1) is 16.8. The first-order valence-electron chi connectivity index (χ1n) is 8.89. The number of nitrogens with zero attached hydrogens (tertiary/aromatic N) is 1. The molecule has 5 nitrogen and oxygen atoms in total. The van der Waals surface area contributed by atoms with E-state index in [1.54, 1.807) is 12.1 Å². The van der Waals surface area contributed by atoms with Crippen molar-refractivity contribution >= 4 is 11.8 Å². The van der Waals surface area contributed by atoms with Gasteiger partial charge in [0, 0.05) is 30.6 Å². The van der Waals surface area contributed by atoms with Crippen molar-refractivity contribution in [2.45, 2.75) is 51.7 Å². The molecule has 0 spiro atoms. The highest BCUT2D eigenvalue weighted by atomic mass is 16.5. The van der Waals surface area contributed by atoms with E-state index >= 15 is 0 Å². The molecule has 1 N–H and O–H groups in total. The Bertz CT molecular complexity index is 585. The van der Waals surface area contributed by atoms with E-state index in [1.807, 2.05) is 30.9 Å². The summed E-state index contributed by atoms with van der Waals surface area (Å²) >= 11 is 0. The van der Waals surface area contributed by atoms with Gasteiger partial charge in [-0.15, -0.1) is 0 Å². The summed E-state index contributed by atoms with van der Waals surface area (Å²) in [5.74, 6) is 1.30. The third-order valence-electron chi connectivity index (χ3n) is 4.56. The number of carbonyl (C=O) groups excluding carboxylic acids is 2. The molecule has 2 fully saturated rings. The zero-order valence-corrected chi connectivity index (χ0v) is 14.5. The largest absolute Gasteiger partial charge is 0.491 e. The summed E-state index contributed by atoms with van der Waals surface area (Å²) in [4.78, 5) is 26.3. The van der Waals surface area contributed by atoms with Gasteiger partial charge in [-0.25, -0.2) is 0 Å². The third kappa shape index (κ3) is 4.28. The van der Waals surface area contributed by atoms with Gasteiger partial charge in [-0.2, -0.15) is 0 Å². The van der Waals surface area contributed by atoms with Crippen LogP contribution in [-0.4, -0.2) is 41.9 Å². The number of piperidine rings is 1. The maximum Gasteiger partial charge on any atom is 0.251 e. The summed E-state index contributed by atoms with van der Waals surface area (Å²) in [6.45, 7) is 5.45. The zero-order valence-electron chi connectivity index (χ0n) is 14.5. The monoisotopic (exact) mass is 330 g/mol. The highest BCUT2D eigenvalue weighted by Crippen LogP contribution is 2.31. The molecule has 0 aromatic heterocycles. The standard InChI is InChI=1S/C19H26N2O3/c1-13(2)24-17-7-5-14(6-8-17)18(22)20-16-9-11-21(12-10-16)19(23)15-3-4-15/h5-8,13,15-16H,3-4,9-12H2,1-2H3,(H,20,22). The van der Waals surface area contributed by atoms with Crippen LogP contribution in [-0.2, 0) is 4.79 Å². The van der Waals surface area contributed by atoms with Crippen LogP contribution in [0.1, 0.15) is 49.9 Å². The van der Waals surface area contributed by atoms with Crippen molar-refractivity contribution in [2.24, 2.45) is 5.92 Å². The van der Waals surface area contributed by atoms with Gasteiger partial charge in [-0.3, -0.25) is 9.59 Å². The number of rotatable bonds is 5. The molecule has 1 saturated heterocycles. The van der Waals surface area contributed by atoms with Crippen LogP contribution in [0.5, 0.6) is 5.75 Å². The lowest BCUT2D eigenvalue weighted by Crippen LogP contribution is -2.47. The van der Waals surface area contributed by atoms with Crippen LogP contribution in [0.4, 0.5) is 0 Å². The number of hydrogen-bond donors (Lipinski definition) is 1. The van der Waals surface area contributed by atoms with Gasteiger partial charge in [0.05, 0.1) is 6.10 Å². The number of benzene rings is 1. The fraction of sp³-hybridized carbons (Fsp3) is 0.579. The van der Waals surface area contributed by atoms with E-state index in [-0.39, 0.29) is 24.0 Å². The van der Waals surface area contributed by atoms with Gasteiger partial charge in [0.1, 0.15) is 5.75 Å². The highest BCUT2D eigenvalue weighted by molar-refractivity contribution is 5.94. The highest BCUT2D eigenvalue weighted by Gasteiger charge is 2.35. The molecule has 1 aliphatic carbocycles. The summed E-state index contributed by atoms with van der Waals surface area (Å²) in [6.07, 6.45) is 3.88. The molecule has 24 heavy (non-hydrogen) atoms. The number of ether oxygens (including phenoxy) is 1. The Labute approximate surface area is 143 Å². The van der Waals surface area contributed by atoms with E-state index in [1.165, 1.54) is 0 Å². The molecule has 0 radical (unpaired) electrons. The lowest BCUT2D eigenvalue weighted by molar-refractivity contribution is -0.133. The van der Waals surface area contributed by atoms with Gasteiger partial charge in [0.25, 0.3) is 5.91 Å². The average molecular weight is 330 g/mol. The van der Waals surface area contributed by atoms with Gasteiger partial charge in [-0.1, -0.05) is 0 Å². The maximum absolute atomic E-state index is 12.3.